The van der Waals surface area contributed by atoms with Gasteiger partial charge in [-0.2, -0.15) is 0 Å². The first kappa shape index (κ1) is 9.70. The largest absolute Gasteiger partial charge is 0.440 e. The van der Waals surface area contributed by atoms with Gasteiger partial charge in [-0.1, -0.05) is 0 Å². The van der Waals surface area contributed by atoms with Crippen LogP contribution in [0.25, 0.3) is 0 Å². The molecule has 0 saturated carbocycles. The van der Waals surface area contributed by atoms with Gasteiger partial charge in [0.15, 0.2) is 6.61 Å². The number of amides is 1. The zero-order valence-corrected chi connectivity index (χ0v) is 9.19. The summed E-state index contributed by atoms with van der Waals surface area (Å²) < 4.78 is 18.3. The normalized spacial score (nSPS) is 15.9. The monoisotopic (exact) mass is 306 g/mol. The van der Waals surface area contributed by atoms with Gasteiger partial charge < -0.3 is 4.74 Å². The lowest BCUT2D eigenvalue weighted by atomic mass is 10.3. The second-order valence-corrected chi connectivity index (χ2v) is 3.92. The smallest absolute Gasteiger partial charge is 0.414 e. The van der Waals surface area contributed by atoms with E-state index in [1.165, 1.54) is 17.6 Å². The van der Waals surface area contributed by atoms with Gasteiger partial charge in [0.1, 0.15) is 5.82 Å². The molecule has 1 aromatic rings. The number of ether oxygens (including phenoxy) is 1. The summed E-state index contributed by atoms with van der Waals surface area (Å²) in [5, 5.41) is 0. The summed E-state index contributed by atoms with van der Waals surface area (Å²) in [4.78, 5) is 12.5. The van der Waals surface area contributed by atoms with E-state index >= 15 is 0 Å². The van der Waals surface area contributed by atoms with Crippen LogP contribution in [0.5, 0.6) is 0 Å². The van der Waals surface area contributed by atoms with E-state index in [-0.39, 0.29) is 5.82 Å². The Hall–Kier alpha value is -0.850. The molecule has 1 amide bonds. The van der Waals surface area contributed by atoms with E-state index in [2.05, 4.69) is 4.74 Å². The molecule has 0 unspecified atom stereocenters. The highest BCUT2D eigenvalue weighted by molar-refractivity contribution is 14.1. The van der Waals surface area contributed by atoms with Crippen molar-refractivity contribution in [3.63, 3.8) is 0 Å². The van der Waals surface area contributed by atoms with Crippen LogP contribution in [0.1, 0.15) is 0 Å². The van der Waals surface area contributed by atoms with Gasteiger partial charge in [0.05, 0.1) is 12.2 Å². The molecule has 3 nitrogen and oxygen atoms in total. The third kappa shape index (κ3) is 1.68. The number of hydrogen-bond acceptors (Lipinski definition) is 2. The lowest BCUT2D eigenvalue weighted by Gasteiger charge is -2.12. The summed E-state index contributed by atoms with van der Waals surface area (Å²) in [6.07, 6.45) is -0.467. The Labute approximate surface area is 94.0 Å². The van der Waals surface area contributed by atoms with Gasteiger partial charge in [-0.05, 0) is 40.8 Å². The van der Waals surface area contributed by atoms with Crippen molar-refractivity contribution in [2.75, 3.05) is 11.4 Å². The van der Waals surface area contributed by atoms with Crippen molar-refractivity contribution in [1.82, 2.24) is 0 Å². The molecular weight excluding hydrogens is 300 g/mol. The molecule has 73 valence electrons. The number of halogens is 2. The van der Waals surface area contributed by atoms with Crippen LogP contribution in [0, 0.1) is 16.0 Å². The van der Waals surface area contributed by atoms with Crippen LogP contribution in [-0.4, -0.2) is 12.6 Å². The molecule has 0 aliphatic carbocycles. The minimum Gasteiger partial charge on any atom is -0.440 e. The Morgan fingerprint density at radius 1 is 1.50 bits per heavy atom. The van der Waals surface area contributed by atoms with Crippen molar-refractivity contribution in [3.8, 4) is 0 Å². The Bertz CT molecular complexity index is 383. The minimum absolute atomic E-state index is 0.331. The zero-order valence-electron chi connectivity index (χ0n) is 7.04. The fourth-order valence-electron chi connectivity index (χ4n) is 1.19. The molecule has 0 aromatic heterocycles. The number of benzene rings is 1. The van der Waals surface area contributed by atoms with E-state index in [0.29, 0.717) is 15.8 Å². The highest BCUT2D eigenvalue weighted by atomic mass is 127. The van der Waals surface area contributed by atoms with Crippen LogP contribution in [0.2, 0.25) is 0 Å². The Kier molecular flexibility index (Phi) is 2.58. The van der Waals surface area contributed by atoms with Gasteiger partial charge >= 0.3 is 6.09 Å². The number of rotatable bonds is 1. The molecule has 1 heterocycles. The molecule has 14 heavy (non-hydrogen) atoms. The minimum atomic E-state index is -0.467. The fourth-order valence-corrected chi connectivity index (χ4v) is 1.52. The summed E-state index contributed by atoms with van der Waals surface area (Å²) in [5.41, 5.74) is 0.515. The van der Waals surface area contributed by atoms with Crippen molar-refractivity contribution in [1.29, 1.82) is 0 Å². The summed E-state index contributed by atoms with van der Waals surface area (Å²) in [6.45, 7) is 1.75. The number of hydrogen-bond donors (Lipinski definition) is 0. The van der Waals surface area contributed by atoms with Crippen LogP contribution in [-0.2, 0) is 4.74 Å². The van der Waals surface area contributed by atoms with Crippen molar-refractivity contribution in [2.24, 2.45) is 0 Å². The van der Waals surface area contributed by atoms with Crippen LogP contribution >= 0.6 is 22.6 Å². The molecular formula is C9H6FINO2. The van der Waals surface area contributed by atoms with Crippen LogP contribution in [0.4, 0.5) is 14.9 Å². The van der Waals surface area contributed by atoms with Crippen LogP contribution in [0.3, 0.4) is 0 Å². The third-order valence-corrected chi connectivity index (χ3v) is 2.75. The number of anilines is 1. The lowest BCUT2D eigenvalue weighted by molar-refractivity contribution is 0.196. The number of nitrogens with zero attached hydrogens (tertiary/aromatic N) is 1. The quantitative estimate of drug-likeness (QED) is 0.746. The zero-order chi connectivity index (χ0) is 10.1. The van der Waals surface area contributed by atoms with Crippen molar-refractivity contribution in [3.05, 3.63) is 34.2 Å². The van der Waals surface area contributed by atoms with E-state index < -0.39 is 6.09 Å². The highest BCUT2D eigenvalue weighted by Crippen LogP contribution is 2.23. The van der Waals surface area contributed by atoms with E-state index in [9.17, 15) is 9.18 Å². The van der Waals surface area contributed by atoms with Crippen LogP contribution in [0.15, 0.2) is 18.2 Å². The fraction of sp³-hybridized carbons (Fsp3) is 0.111. The molecule has 0 atom stereocenters. The molecule has 0 N–H and O–H groups in total. The summed E-state index contributed by atoms with van der Waals surface area (Å²) >= 11 is 1.89. The number of carbonyl (C=O) groups is 1. The van der Waals surface area contributed by atoms with Gasteiger partial charge in [-0.3, -0.25) is 4.90 Å². The first-order valence-corrected chi connectivity index (χ1v) is 5.01. The standard InChI is InChI=1S/C9H6FINO2/c10-7-5-6(1-2-8(7)11)12-3-4-14-9(12)13/h1-2,4-5H,3H2. The molecule has 2 rings (SSSR count). The third-order valence-electron chi connectivity index (χ3n) is 1.88. The molecule has 1 fully saturated rings. The molecule has 0 bridgehead atoms. The molecule has 1 aliphatic heterocycles. The van der Waals surface area contributed by atoms with E-state index in [0.717, 1.165) is 0 Å². The Morgan fingerprint density at radius 2 is 2.29 bits per heavy atom. The number of cyclic esters (lactones) is 1. The second kappa shape index (κ2) is 3.72. The summed E-state index contributed by atoms with van der Waals surface area (Å²) in [7, 11) is 0. The molecule has 1 aliphatic rings. The van der Waals surface area contributed by atoms with Gasteiger partial charge in [-0.15, -0.1) is 0 Å². The molecule has 1 aromatic carbocycles. The van der Waals surface area contributed by atoms with Gasteiger partial charge in [0.25, 0.3) is 0 Å². The van der Waals surface area contributed by atoms with Crippen LogP contribution < -0.4 is 4.90 Å². The highest BCUT2D eigenvalue weighted by Gasteiger charge is 2.24. The molecule has 1 radical (unpaired) electrons. The Morgan fingerprint density at radius 3 is 2.86 bits per heavy atom. The maximum Gasteiger partial charge on any atom is 0.414 e. The van der Waals surface area contributed by atoms with Gasteiger partial charge in [0.2, 0.25) is 0 Å². The first-order chi connectivity index (χ1) is 6.68. The molecule has 5 heteroatoms. The SMILES string of the molecule is O=C1O[CH]CN1c1ccc(I)c(F)c1. The van der Waals surface area contributed by atoms with Crippen molar-refractivity contribution in [2.45, 2.75) is 0 Å². The topological polar surface area (TPSA) is 29.5 Å². The summed E-state index contributed by atoms with van der Waals surface area (Å²) in [6, 6.07) is 4.63. The predicted octanol–water partition coefficient (Wildman–Crippen LogP) is 2.55. The maximum atomic E-state index is 13.2. The van der Waals surface area contributed by atoms with Crippen molar-refractivity contribution >= 4 is 34.4 Å². The average Bonchev–Trinajstić information content (AvgIpc) is 2.57. The lowest BCUT2D eigenvalue weighted by Crippen LogP contribution is -2.23. The van der Waals surface area contributed by atoms with Gasteiger partial charge in [0, 0.05) is 3.57 Å². The number of carbonyl (C=O) groups excluding carboxylic acids is 1. The molecule has 1 saturated heterocycles. The Balaban J connectivity index is 2.32. The predicted molar refractivity (Wildman–Crippen MR) is 57.2 cm³/mol. The second-order valence-electron chi connectivity index (χ2n) is 2.76. The van der Waals surface area contributed by atoms with E-state index in [1.807, 2.05) is 22.6 Å². The molecule has 0 spiro atoms. The van der Waals surface area contributed by atoms with Crippen molar-refractivity contribution < 1.29 is 13.9 Å². The maximum absolute atomic E-state index is 13.2. The van der Waals surface area contributed by atoms with E-state index in [1.54, 1.807) is 12.1 Å². The summed E-state index contributed by atoms with van der Waals surface area (Å²) in [5.74, 6) is -0.331. The van der Waals surface area contributed by atoms with E-state index in [4.69, 9.17) is 0 Å². The van der Waals surface area contributed by atoms with Gasteiger partial charge in [-0.25, -0.2) is 9.18 Å². The average molecular weight is 306 g/mol. The first-order valence-electron chi connectivity index (χ1n) is 3.93.